The fraction of sp³-hybridized carbons (Fsp3) is 0.571. The van der Waals surface area contributed by atoms with E-state index in [0.29, 0.717) is 0 Å². The van der Waals surface area contributed by atoms with Gasteiger partial charge in [-0.25, -0.2) is 0 Å². The lowest BCUT2D eigenvalue weighted by atomic mass is 10.1. The first-order valence-corrected chi connectivity index (χ1v) is 8.90. The van der Waals surface area contributed by atoms with Gasteiger partial charge in [0.25, 0.3) is 0 Å². The summed E-state index contributed by atoms with van der Waals surface area (Å²) in [6.45, 7) is 10.9. The first-order chi connectivity index (χ1) is 7.54. The first kappa shape index (κ1) is 14.9. The van der Waals surface area contributed by atoms with E-state index in [2.05, 4.69) is 75.2 Å². The Labute approximate surface area is 116 Å². The van der Waals surface area contributed by atoms with E-state index in [1.54, 1.807) is 0 Å². The van der Waals surface area contributed by atoms with Crippen molar-refractivity contribution in [2.75, 3.05) is 12.5 Å². The summed E-state index contributed by atoms with van der Waals surface area (Å²) in [4.78, 5) is 0. The lowest BCUT2D eigenvalue weighted by Gasteiger charge is -2.44. The van der Waals surface area contributed by atoms with Crippen molar-refractivity contribution in [1.29, 1.82) is 0 Å². The normalized spacial score (nSPS) is 13.6. The molecule has 1 aromatic rings. The van der Waals surface area contributed by atoms with Crippen LogP contribution < -0.4 is 4.18 Å². The summed E-state index contributed by atoms with van der Waals surface area (Å²) in [6, 6.07) is 4.22. The van der Waals surface area contributed by atoms with Gasteiger partial charge in [-0.1, -0.05) is 26.2 Å². The molecular weight excluding hydrogens is 296 g/mol. The predicted octanol–water partition coefficient (Wildman–Crippen LogP) is 5.22. The van der Waals surface area contributed by atoms with Gasteiger partial charge in [-0.05, 0) is 70.4 Å². The minimum atomic E-state index is -1.12. The molecule has 17 heavy (non-hydrogen) atoms. The van der Waals surface area contributed by atoms with E-state index in [1.807, 2.05) is 0 Å². The van der Waals surface area contributed by atoms with Gasteiger partial charge in [0.2, 0.25) is 0 Å². The molecule has 0 aliphatic heterocycles. The molecule has 1 aromatic carbocycles. The minimum Gasteiger partial charge on any atom is -0.448 e. The molecule has 0 aliphatic rings. The van der Waals surface area contributed by atoms with Gasteiger partial charge in [-0.3, -0.25) is 0 Å². The monoisotopic (exact) mass is 318 g/mol. The number of hydrogen-bond donors (Lipinski definition) is 0. The maximum absolute atomic E-state index is 6.35. The smallest absolute Gasteiger partial charge is 0.140 e. The van der Waals surface area contributed by atoms with Crippen molar-refractivity contribution < 1.29 is 4.18 Å². The van der Waals surface area contributed by atoms with Crippen molar-refractivity contribution in [2.45, 2.75) is 39.4 Å². The summed E-state index contributed by atoms with van der Waals surface area (Å²) in [6.07, 6.45) is 4.46. The first-order valence-electron chi connectivity index (χ1n) is 5.74. The van der Waals surface area contributed by atoms with Gasteiger partial charge in [0.1, 0.15) is 5.75 Å². The molecular formula is C14H23BrOS. The summed E-state index contributed by atoms with van der Waals surface area (Å²) < 4.78 is 7.64. The third-order valence-electron chi connectivity index (χ3n) is 3.19. The molecule has 0 saturated carbocycles. The molecule has 1 nitrogen and oxygen atoms in total. The van der Waals surface area contributed by atoms with Crippen molar-refractivity contribution >= 4 is 26.2 Å². The second kappa shape index (κ2) is 4.85. The van der Waals surface area contributed by atoms with Crippen LogP contribution in [0.4, 0.5) is 0 Å². The van der Waals surface area contributed by atoms with Gasteiger partial charge >= 0.3 is 0 Å². The van der Waals surface area contributed by atoms with E-state index in [9.17, 15) is 0 Å². The van der Waals surface area contributed by atoms with Gasteiger partial charge in [-0.15, -0.1) is 0 Å². The van der Waals surface area contributed by atoms with Gasteiger partial charge in [0, 0.05) is 9.22 Å². The van der Waals surface area contributed by atoms with Crippen LogP contribution in [0.5, 0.6) is 5.75 Å². The zero-order valence-electron chi connectivity index (χ0n) is 11.8. The molecule has 0 fully saturated rings. The van der Waals surface area contributed by atoms with Crippen molar-refractivity contribution in [1.82, 2.24) is 0 Å². The van der Waals surface area contributed by atoms with E-state index in [0.717, 1.165) is 10.2 Å². The Bertz CT molecular complexity index is 396. The molecule has 0 bridgehead atoms. The number of aryl methyl sites for hydroxylation is 2. The molecule has 0 amide bonds. The molecule has 98 valence electrons. The van der Waals surface area contributed by atoms with Crippen LogP contribution in [0.3, 0.4) is 0 Å². The highest BCUT2D eigenvalue weighted by Gasteiger charge is 2.30. The lowest BCUT2D eigenvalue weighted by Crippen LogP contribution is -2.27. The van der Waals surface area contributed by atoms with E-state index >= 15 is 0 Å². The molecule has 0 heterocycles. The second-order valence-corrected chi connectivity index (χ2v) is 10.6. The zero-order chi connectivity index (χ0) is 13.4. The molecule has 0 aliphatic carbocycles. The van der Waals surface area contributed by atoms with E-state index in [-0.39, 0.29) is 4.75 Å². The van der Waals surface area contributed by atoms with Gasteiger partial charge in [-0.2, -0.15) is 0 Å². The van der Waals surface area contributed by atoms with Gasteiger partial charge in [0.15, 0.2) is 0 Å². The third kappa shape index (κ3) is 3.41. The third-order valence-corrected chi connectivity index (χ3v) is 7.18. The molecule has 0 saturated heterocycles. The summed E-state index contributed by atoms with van der Waals surface area (Å²) in [5.74, 6) is 1.04. The number of rotatable bonds is 2. The fourth-order valence-electron chi connectivity index (χ4n) is 1.36. The summed E-state index contributed by atoms with van der Waals surface area (Å²) in [7, 11) is -1.12. The number of hydrogen-bond acceptors (Lipinski definition) is 1. The predicted molar refractivity (Wildman–Crippen MR) is 83.4 cm³/mol. The highest BCUT2D eigenvalue weighted by Crippen LogP contribution is 2.54. The van der Waals surface area contributed by atoms with E-state index in [4.69, 9.17) is 4.18 Å². The van der Waals surface area contributed by atoms with Crippen molar-refractivity contribution in [3.8, 4) is 5.75 Å². The molecule has 0 N–H and O–H groups in total. The molecule has 0 radical (unpaired) electrons. The van der Waals surface area contributed by atoms with Crippen molar-refractivity contribution in [2.24, 2.45) is 0 Å². The average Bonchev–Trinajstić information content (AvgIpc) is 2.09. The van der Waals surface area contributed by atoms with Crippen molar-refractivity contribution in [3.05, 3.63) is 27.7 Å². The van der Waals surface area contributed by atoms with Crippen molar-refractivity contribution in [3.63, 3.8) is 0 Å². The van der Waals surface area contributed by atoms with Gasteiger partial charge < -0.3 is 4.18 Å². The Kier molecular flexibility index (Phi) is 4.25. The standard InChI is InChI=1S/C14H23BrOS/c1-10-8-12(15)9-11(2)13(10)16-17(6,7)14(3,4)5/h8-9H,1-7H3. The Morgan fingerprint density at radius 3 is 1.82 bits per heavy atom. The lowest BCUT2D eigenvalue weighted by molar-refractivity contribution is 0.578. The highest BCUT2D eigenvalue weighted by atomic mass is 79.9. The summed E-state index contributed by atoms with van der Waals surface area (Å²) in [5.41, 5.74) is 2.39. The van der Waals surface area contributed by atoms with Crippen LogP contribution in [0.2, 0.25) is 0 Å². The van der Waals surface area contributed by atoms with Crippen LogP contribution in [0, 0.1) is 13.8 Å². The van der Waals surface area contributed by atoms with Crippen LogP contribution in [-0.2, 0) is 0 Å². The quantitative estimate of drug-likeness (QED) is 0.726. The van der Waals surface area contributed by atoms with Crippen LogP contribution in [0.25, 0.3) is 0 Å². The summed E-state index contributed by atoms with van der Waals surface area (Å²) >= 11 is 3.52. The van der Waals surface area contributed by atoms with E-state index in [1.165, 1.54) is 11.1 Å². The average molecular weight is 319 g/mol. The maximum atomic E-state index is 6.35. The Hall–Kier alpha value is -0.150. The van der Waals surface area contributed by atoms with Crippen LogP contribution >= 0.6 is 26.2 Å². The molecule has 0 unspecified atom stereocenters. The number of benzene rings is 1. The largest absolute Gasteiger partial charge is 0.448 e. The Morgan fingerprint density at radius 1 is 1.06 bits per heavy atom. The van der Waals surface area contributed by atoms with Crippen LogP contribution in [-0.4, -0.2) is 17.3 Å². The molecule has 1 rings (SSSR count). The molecule has 0 aromatic heterocycles. The Balaban J connectivity index is 3.13. The topological polar surface area (TPSA) is 9.23 Å². The second-order valence-electron chi connectivity index (χ2n) is 5.80. The zero-order valence-corrected chi connectivity index (χ0v) is 14.3. The molecule has 0 atom stereocenters. The highest BCUT2D eigenvalue weighted by molar-refractivity contribution is 9.10. The summed E-state index contributed by atoms with van der Waals surface area (Å²) in [5, 5.41) is 0. The fourth-order valence-corrected chi connectivity index (χ4v) is 2.98. The maximum Gasteiger partial charge on any atom is 0.140 e. The number of halogens is 1. The van der Waals surface area contributed by atoms with Gasteiger partial charge in [0.05, 0.1) is 0 Å². The minimum absolute atomic E-state index is 0.180. The van der Waals surface area contributed by atoms with E-state index < -0.39 is 10.3 Å². The Morgan fingerprint density at radius 2 is 1.47 bits per heavy atom. The van der Waals surface area contributed by atoms with Crippen LogP contribution in [0.1, 0.15) is 31.9 Å². The SMILES string of the molecule is Cc1cc(Br)cc(C)c1OS(C)(C)C(C)(C)C. The molecule has 0 spiro atoms. The molecule has 3 heteroatoms. The van der Waals surface area contributed by atoms with Crippen LogP contribution in [0.15, 0.2) is 16.6 Å².